The zero-order valence-corrected chi connectivity index (χ0v) is 13.1. The van der Waals surface area contributed by atoms with Crippen LogP contribution in [0.3, 0.4) is 0 Å². The molecule has 2 heterocycles. The molecule has 0 bridgehead atoms. The summed E-state index contributed by atoms with van der Waals surface area (Å²) in [6.07, 6.45) is 3.86. The van der Waals surface area contributed by atoms with E-state index < -0.39 is 29.2 Å². The first-order valence-corrected chi connectivity index (χ1v) is 6.99. The van der Waals surface area contributed by atoms with Crippen molar-refractivity contribution < 1.29 is 24.2 Å². The van der Waals surface area contributed by atoms with Crippen molar-refractivity contribution in [2.75, 3.05) is 14.2 Å². The number of pyridine rings is 2. The number of methoxy groups -OCH3 is 2. The van der Waals surface area contributed by atoms with Gasteiger partial charge in [0, 0.05) is 24.5 Å². The van der Waals surface area contributed by atoms with Crippen molar-refractivity contribution in [1.82, 2.24) is 9.97 Å². The van der Waals surface area contributed by atoms with Gasteiger partial charge in [-0.2, -0.15) is 0 Å². The molecule has 2 N–H and O–H groups in total. The van der Waals surface area contributed by atoms with E-state index in [9.17, 15) is 19.5 Å². The topological polar surface area (TPSA) is 119 Å². The summed E-state index contributed by atoms with van der Waals surface area (Å²) in [7, 11) is 2.37. The number of esters is 2. The minimum atomic E-state index is -0.834. The van der Waals surface area contributed by atoms with Gasteiger partial charge in [-0.3, -0.25) is 14.6 Å². The van der Waals surface area contributed by atoms with Crippen LogP contribution in [0.5, 0.6) is 5.75 Å². The second-order valence-electron chi connectivity index (χ2n) is 4.90. The number of aromatic amines is 1. The number of aromatic nitrogens is 2. The van der Waals surface area contributed by atoms with E-state index in [-0.39, 0.29) is 17.5 Å². The lowest BCUT2D eigenvalue weighted by molar-refractivity contribution is -0.140. The SMILES string of the molecule is COC(=O)CC(c1cccnc1)c1c(O)c(C(=O)OC)c[nH]c1=O. The van der Waals surface area contributed by atoms with Crippen molar-refractivity contribution in [2.24, 2.45) is 0 Å². The normalized spacial score (nSPS) is 11.6. The summed E-state index contributed by atoms with van der Waals surface area (Å²) in [5.74, 6) is -2.76. The second kappa shape index (κ2) is 7.40. The quantitative estimate of drug-likeness (QED) is 0.783. The third kappa shape index (κ3) is 3.43. The van der Waals surface area contributed by atoms with Crippen LogP contribution >= 0.6 is 0 Å². The number of rotatable bonds is 5. The standard InChI is InChI=1S/C16H16N2O6/c1-23-12(19)6-10(9-4-3-5-17-7-9)13-14(20)11(16(22)24-2)8-18-15(13)21/h3-5,7-8,10H,6H2,1-2H3,(H2,18,20,21). The molecule has 1 atom stereocenters. The molecule has 0 amide bonds. The molecule has 8 nitrogen and oxygen atoms in total. The van der Waals surface area contributed by atoms with E-state index >= 15 is 0 Å². The summed E-state index contributed by atoms with van der Waals surface area (Å²) in [5, 5.41) is 10.4. The third-order valence-electron chi connectivity index (χ3n) is 3.54. The molecule has 0 radical (unpaired) electrons. The molecule has 0 spiro atoms. The maximum atomic E-state index is 12.2. The van der Waals surface area contributed by atoms with Gasteiger partial charge in [0.2, 0.25) is 0 Å². The number of hydrogen-bond acceptors (Lipinski definition) is 7. The van der Waals surface area contributed by atoms with Crippen LogP contribution in [-0.4, -0.2) is 41.2 Å². The molecule has 24 heavy (non-hydrogen) atoms. The Morgan fingerprint density at radius 1 is 1.33 bits per heavy atom. The van der Waals surface area contributed by atoms with E-state index in [1.165, 1.54) is 19.5 Å². The Balaban J connectivity index is 2.64. The lowest BCUT2D eigenvalue weighted by Crippen LogP contribution is -2.22. The molecule has 2 rings (SSSR count). The summed E-state index contributed by atoms with van der Waals surface area (Å²) < 4.78 is 9.23. The molecule has 126 valence electrons. The fourth-order valence-corrected chi connectivity index (χ4v) is 2.34. The van der Waals surface area contributed by atoms with E-state index in [1.54, 1.807) is 12.1 Å². The van der Waals surface area contributed by atoms with E-state index in [1.807, 2.05) is 0 Å². The highest BCUT2D eigenvalue weighted by Crippen LogP contribution is 2.33. The highest BCUT2D eigenvalue weighted by molar-refractivity contribution is 5.92. The second-order valence-corrected chi connectivity index (χ2v) is 4.90. The minimum Gasteiger partial charge on any atom is -0.506 e. The van der Waals surface area contributed by atoms with E-state index in [0.29, 0.717) is 5.56 Å². The largest absolute Gasteiger partial charge is 0.506 e. The van der Waals surface area contributed by atoms with Gasteiger partial charge in [0.05, 0.1) is 26.2 Å². The van der Waals surface area contributed by atoms with Gasteiger partial charge in [-0.1, -0.05) is 6.07 Å². The van der Waals surface area contributed by atoms with Crippen LogP contribution < -0.4 is 5.56 Å². The van der Waals surface area contributed by atoms with E-state index in [4.69, 9.17) is 0 Å². The molecule has 0 aromatic carbocycles. The molecule has 8 heteroatoms. The number of carbonyl (C=O) groups is 2. The molecule has 0 aliphatic carbocycles. The van der Waals surface area contributed by atoms with E-state index in [0.717, 1.165) is 13.3 Å². The average molecular weight is 332 g/mol. The number of H-pyrrole nitrogens is 1. The van der Waals surface area contributed by atoms with Gasteiger partial charge in [0.1, 0.15) is 11.3 Å². The molecular weight excluding hydrogens is 316 g/mol. The third-order valence-corrected chi connectivity index (χ3v) is 3.54. The zero-order valence-electron chi connectivity index (χ0n) is 13.1. The first kappa shape index (κ1) is 17.2. The van der Waals surface area contributed by atoms with Gasteiger partial charge >= 0.3 is 11.9 Å². The van der Waals surface area contributed by atoms with Gasteiger partial charge in [-0.05, 0) is 11.6 Å². The van der Waals surface area contributed by atoms with Crippen LogP contribution in [0.15, 0.2) is 35.5 Å². The summed E-state index contributed by atoms with van der Waals surface area (Å²) in [4.78, 5) is 42.0. The Labute approximate surface area is 137 Å². The van der Waals surface area contributed by atoms with Gasteiger partial charge in [0.15, 0.2) is 0 Å². The minimum absolute atomic E-state index is 0.128. The number of ether oxygens (including phenoxy) is 2. The van der Waals surface area contributed by atoms with Crippen LogP contribution in [0.1, 0.15) is 33.8 Å². The zero-order chi connectivity index (χ0) is 17.7. The van der Waals surface area contributed by atoms with E-state index in [2.05, 4.69) is 19.4 Å². The molecular formula is C16H16N2O6. The highest BCUT2D eigenvalue weighted by Gasteiger charge is 2.28. The summed E-state index contributed by atoms with van der Waals surface area (Å²) in [6, 6.07) is 3.29. The van der Waals surface area contributed by atoms with Crippen LogP contribution in [0.4, 0.5) is 0 Å². The number of hydrogen-bond donors (Lipinski definition) is 2. The summed E-state index contributed by atoms with van der Waals surface area (Å²) in [6.45, 7) is 0. The molecule has 0 aliphatic heterocycles. The molecule has 2 aromatic rings. The maximum Gasteiger partial charge on any atom is 0.343 e. The Kier molecular flexibility index (Phi) is 5.31. The Bertz CT molecular complexity index is 800. The fraction of sp³-hybridized carbons (Fsp3) is 0.250. The van der Waals surface area contributed by atoms with Crippen molar-refractivity contribution in [3.05, 3.63) is 57.8 Å². The van der Waals surface area contributed by atoms with Gasteiger partial charge in [0.25, 0.3) is 5.56 Å². The molecule has 2 aromatic heterocycles. The van der Waals surface area contributed by atoms with Crippen LogP contribution in [-0.2, 0) is 14.3 Å². The number of aromatic hydroxyl groups is 1. The van der Waals surface area contributed by atoms with Crippen molar-refractivity contribution in [2.45, 2.75) is 12.3 Å². The van der Waals surface area contributed by atoms with Gasteiger partial charge < -0.3 is 19.6 Å². The summed E-state index contributed by atoms with van der Waals surface area (Å²) in [5.41, 5.74) is -0.439. The van der Waals surface area contributed by atoms with Crippen molar-refractivity contribution in [3.63, 3.8) is 0 Å². The van der Waals surface area contributed by atoms with Crippen LogP contribution in [0.25, 0.3) is 0 Å². The maximum absolute atomic E-state index is 12.2. The predicted molar refractivity (Wildman–Crippen MR) is 82.8 cm³/mol. The van der Waals surface area contributed by atoms with Crippen molar-refractivity contribution in [3.8, 4) is 5.75 Å². The molecule has 0 saturated carbocycles. The Morgan fingerprint density at radius 2 is 2.08 bits per heavy atom. The predicted octanol–water partition coefficient (Wildman–Crippen LogP) is 0.957. The molecule has 0 aliphatic rings. The van der Waals surface area contributed by atoms with Gasteiger partial charge in [-0.25, -0.2) is 4.79 Å². The smallest absolute Gasteiger partial charge is 0.343 e. The van der Waals surface area contributed by atoms with Crippen molar-refractivity contribution >= 4 is 11.9 Å². The van der Waals surface area contributed by atoms with Crippen LogP contribution in [0.2, 0.25) is 0 Å². The highest BCUT2D eigenvalue weighted by atomic mass is 16.5. The van der Waals surface area contributed by atoms with Gasteiger partial charge in [-0.15, -0.1) is 0 Å². The number of nitrogens with zero attached hydrogens (tertiary/aromatic N) is 1. The molecule has 0 fully saturated rings. The molecule has 0 saturated heterocycles. The lowest BCUT2D eigenvalue weighted by atomic mass is 9.89. The first-order valence-electron chi connectivity index (χ1n) is 6.99. The first-order chi connectivity index (χ1) is 11.5. The fourth-order valence-electron chi connectivity index (χ4n) is 2.34. The summed E-state index contributed by atoms with van der Waals surface area (Å²) >= 11 is 0. The molecule has 1 unspecified atom stereocenters. The van der Waals surface area contributed by atoms with Crippen molar-refractivity contribution in [1.29, 1.82) is 0 Å². The Morgan fingerprint density at radius 3 is 2.67 bits per heavy atom. The number of carbonyl (C=O) groups excluding carboxylic acids is 2. The average Bonchev–Trinajstić information content (AvgIpc) is 2.60. The van der Waals surface area contributed by atoms with Crippen LogP contribution in [0, 0.1) is 0 Å². The number of nitrogens with one attached hydrogen (secondary N) is 1. The lowest BCUT2D eigenvalue weighted by Gasteiger charge is -2.17. The Hall–Kier alpha value is -3.16. The monoisotopic (exact) mass is 332 g/mol.